The maximum Gasteiger partial charge on any atom is 0.137 e. The summed E-state index contributed by atoms with van der Waals surface area (Å²) in [5, 5.41) is 13.0. The van der Waals surface area contributed by atoms with Gasteiger partial charge in [-0.15, -0.1) is 0 Å². The van der Waals surface area contributed by atoms with Gasteiger partial charge < -0.3 is 5.11 Å². The van der Waals surface area contributed by atoms with Gasteiger partial charge in [-0.05, 0) is 42.1 Å². The number of Topliss-reactive ketones (excluding diaryl/α,β-unsaturated/α-hetero) is 1. The van der Waals surface area contributed by atoms with Crippen LogP contribution in [0.3, 0.4) is 0 Å². The Bertz CT molecular complexity index is 771. The smallest absolute Gasteiger partial charge is 0.137 e. The number of benzene rings is 2. The van der Waals surface area contributed by atoms with Crippen molar-refractivity contribution in [1.82, 2.24) is 4.90 Å². The van der Waals surface area contributed by atoms with Crippen LogP contribution in [0.4, 0.5) is 0 Å². The number of rotatable bonds is 3. The highest BCUT2D eigenvalue weighted by Crippen LogP contribution is 2.47. The van der Waals surface area contributed by atoms with E-state index in [4.69, 9.17) is 0 Å². The number of likely N-dealkylation sites (N-methyl/N-ethyl adjacent to an activating group) is 1. The summed E-state index contributed by atoms with van der Waals surface area (Å²) in [7, 11) is 2.07. The third-order valence-electron chi connectivity index (χ3n) is 6.20. The first-order valence-corrected chi connectivity index (χ1v) is 9.01. The minimum absolute atomic E-state index is 0.0346. The Morgan fingerprint density at radius 1 is 1.17 bits per heavy atom. The van der Waals surface area contributed by atoms with Crippen molar-refractivity contribution in [2.75, 3.05) is 7.05 Å². The van der Waals surface area contributed by atoms with Crippen molar-refractivity contribution in [1.29, 1.82) is 0 Å². The van der Waals surface area contributed by atoms with Gasteiger partial charge in [0.1, 0.15) is 5.78 Å². The number of ketones is 1. The summed E-state index contributed by atoms with van der Waals surface area (Å²) < 4.78 is 0. The van der Waals surface area contributed by atoms with Crippen LogP contribution in [0.2, 0.25) is 0 Å². The van der Waals surface area contributed by atoms with Crippen molar-refractivity contribution in [3.05, 3.63) is 48.0 Å². The van der Waals surface area contributed by atoms with E-state index in [0.29, 0.717) is 12.5 Å². The fourth-order valence-electron chi connectivity index (χ4n) is 4.96. The Morgan fingerprint density at radius 3 is 2.67 bits per heavy atom. The number of aliphatic hydroxyl groups is 1. The minimum atomic E-state index is -0.383. The largest absolute Gasteiger partial charge is 0.391 e. The van der Waals surface area contributed by atoms with Crippen LogP contribution in [0.5, 0.6) is 0 Å². The highest BCUT2D eigenvalue weighted by Gasteiger charge is 2.52. The standard InChI is InChI=1S/C21H25NO2/c1-3-18(23)20-17(11-16-12-19(24)21(20)22(16)2)15-9-8-13-6-4-5-7-14(13)10-15/h4-10,16-17,19-21,24H,3,11-12H2,1-2H3/t16?,17-,19?,20-,21-/m1/s1. The van der Waals surface area contributed by atoms with E-state index in [9.17, 15) is 9.90 Å². The second-order valence-electron chi connectivity index (χ2n) is 7.41. The van der Waals surface area contributed by atoms with Gasteiger partial charge in [-0.3, -0.25) is 9.69 Å². The lowest BCUT2D eigenvalue weighted by Crippen LogP contribution is -2.51. The van der Waals surface area contributed by atoms with E-state index in [1.807, 2.05) is 6.92 Å². The zero-order valence-electron chi connectivity index (χ0n) is 14.4. The molecule has 1 N–H and O–H groups in total. The van der Waals surface area contributed by atoms with Crippen molar-refractivity contribution in [3.63, 3.8) is 0 Å². The van der Waals surface area contributed by atoms with Gasteiger partial charge in [0.05, 0.1) is 6.10 Å². The van der Waals surface area contributed by atoms with Gasteiger partial charge >= 0.3 is 0 Å². The molecule has 4 rings (SSSR count). The number of hydrogen-bond donors (Lipinski definition) is 1. The van der Waals surface area contributed by atoms with Crippen LogP contribution in [0.1, 0.15) is 37.7 Å². The third kappa shape index (κ3) is 2.38. The normalized spacial score (nSPS) is 33.0. The molecule has 126 valence electrons. The fourth-order valence-corrected chi connectivity index (χ4v) is 4.96. The van der Waals surface area contributed by atoms with Crippen LogP contribution in [-0.2, 0) is 4.79 Å². The molecule has 0 aliphatic carbocycles. The summed E-state index contributed by atoms with van der Waals surface area (Å²) in [5.41, 5.74) is 1.25. The molecular formula is C21H25NO2. The number of carbonyl (C=O) groups is 1. The van der Waals surface area contributed by atoms with E-state index in [2.05, 4.69) is 54.4 Å². The first kappa shape index (κ1) is 15.8. The van der Waals surface area contributed by atoms with Gasteiger partial charge in [-0.2, -0.15) is 0 Å². The number of aliphatic hydroxyl groups excluding tert-OH is 1. The van der Waals surface area contributed by atoms with Crippen LogP contribution in [-0.4, -0.2) is 41.0 Å². The highest BCUT2D eigenvalue weighted by molar-refractivity contribution is 5.85. The summed E-state index contributed by atoms with van der Waals surface area (Å²) >= 11 is 0. The average molecular weight is 323 g/mol. The van der Waals surface area contributed by atoms with Crippen LogP contribution in [0.15, 0.2) is 42.5 Å². The summed E-state index contributed by atoms with van der Waals surface area (Å²) in [5.74, 6) is 0.393. The Hall–Kier alpha value is -1.71. The van der Waals surface area contributed by atoms with Gasteiger partial charge in [-0.25, -0.2) is 0 Å². The van der Waals surface area contributed by atoms with Crippen molar-refractivity contribution >= 4 is 16.6 Å². The molecule has 0 radical (unpaired) electrons. The molecule has 2 unspecified atom stereocenters. The quantitative estimate of drug-likeness (QED) is 0.941. The second kappa shape index (κ2) is 5.98. The van der Waals surface area contributed by atoms with Crippen molar-refractivity contribution in [2.45, 2.75) is 50.3 Å². The molecule has 3 heteroatoms. The van der Waals surface area contributed by atoms with E-state index < -0.39 is 0 Å². The van der Waals surface area contributed by atoms with E-state index in [1.165, 1.54) is 16.3 Å². The Labute approximate surface area is 143 Å². The lowest BCUT2D eigenvalue weighted by atomic mass is 9.73. The van der Waals surface area contributed by atoms with Crippen LogP contribution >= 0.6 is 0 Å². The Balaban J connectivity index is 1.78. The predicted octanol–water partition coefficient (Wildman–Crippen LogP) is 3.36. The molecule has 0 spiro atoms. The van der Waals surface area contributed by atoms with E-state index in [-0.39, 0.29) is 29.8 Å². The van der Waals surface area contributed by atoms with Crippen LogP contribution in [0.25, 0.3) is 10.8 Å². The molecule has 24 heavy (non-hydrogen) atoms. The number of hydrogen-bond acceptors (Lipinski definition) is 3. The van der Waals surface area contributed by atoms with Crippen LogP contribution < -0.4 is 0 Å². The zero-order chi connectivity index (χ0) is 16.8. The maximum atomic E-state index is 12.8. The number of fused-ring (bicyclic) bond motifs is 3. The highest BCUT2D eigenvalue weighted by atomic mass is 16.3. The molecule has 2 heterocycles. The molecule has 5 atom stereocenters. The van der Waals surface area contributed by atoms with E-state index in [0.717, 1.165) is 12.8 Å². The fraction of sp³-hybridized carbons (Fsp3) is 0.476. The van der Waals surface area contributed by atoms with Crippen molar-refractivity contribution in [3.8, 4) is 0 Å². The number of piperidine rings is 1. The molecule has 2 aliphatic heterocycles. The second-order valence-corrected chi connectivity index (χ2v) is 7.41. The topological polar surface area (TPSA) is 40.5 Å². The Morgan fingerprint density at radius 2 is 1.92 bits per heavy atom. The summed E-state index contributed by atoms with van der Waals surface area (Å²) in [6, 6.07) is 15.3. The molecular weight excluding hydrogens is 298 g/mol. The first-order chi connectivity index (χ1) is 11.6. The van der Waals surface area contributed by atoms with Crippen LogP contribution in [0, 0.1) is 5.92 Å². The third-order valence-corrected chi connectivity index (χ3v) is 6.20. The van der Waals surface area contributed by atoms with Crippen molar-refractivity contribution < 1.29 is 9.90 Å². The van der Waals surface area contributed by atoms with E-state index >= 15 is 0 Å². The molecule has 0 amide bonds. The number of nitrogens with zero attached hydrogens (tertiary/aromatic N) is 1. The summed E-state index contributed by atoms with van der Waals surface area (Å²) in [6.07, 6.45) is 1.90. The zero-order valence-corrected chi connectivity index (χ0v) is 14.4. The molecule has 2 saturated heterocycles. The SMILES string of the molecule is CCC(=O)[C@H]1[C@@H](c2ccc3ccccc3c2)CC2CC(O)[C@H]1N2C. The number of carbonyl (C=O) groups excluding carboxylic acids is 1. The summed E-state index contributed by atoms with van der Waals surface area (Å²) in [6.45, 7) is 1.94. The van der Waals surface area contributed by atoms with Gasteiger partial charge in [0.25, 0.3) is 0 Å². The monoisotopic (exact) mass is 323 g/mol. The molecule has 0 saturated carbocycles. The molecule has 2 aliphatic rings. The van der Waals surface area contributed by atoms with Gasteiger partial charge in [0.2, 0.25) is 0 Å². The van der Waals surface area contributed by atoms with Crippen molar-refractivity contribution in [2.24, 2.45) is 5.92 Å². The predicted molar refractivity (Wildman–Crippen MR) is 96.1 cm³/mol. The molecule has 3 nitrogen and oxygen atoms in total. The first-order valence-electron chi connectivity index (χ1n) is 9.01. The average Bonchev–Trinajstić information content (AvgIpc) is 2.79. The molecule has 0 aromatic heterocycles. The van der Waals surface area contributed by atoms with Gasteiger partial charge in [-0.1, -0.05) is 49.4 Å². The maximum absolute atomic E-state index is 12.8. The molecule has 2 aromatic carbocycles. The van der Waals surface area contributed by atoms with Gasteiger partial charge in [0.15, 0.2) is 0 Å². The molecule has 2 fully saturated rings. The lowest BCUT2D eigenvalue weighted by Gasteiger charge is -2.43. The van der Waals surface area contributed by atoms with Gasteiger partial charge in [0, 0.05) is 24.4 Å². The van der Waals surface area contributed by atoms with E-state index in [1.54, 1.807) is 0 Å². The lowest BCUT2D eigenvalue weighted by molar-refractivity contribution is -0.128. The minimum Gasteiger partial charge on any atom is -0.391 e. The summed E-state index contributed by atoms with van der Waals surface area (Å²) in [4.78, 5) is 15.0. The Kier molecular flexibility index (Phi) is 3.93. The molecule has 2 bridgehead atoms. The molecule has 2 aromatic rings.